The van der Waals surface area contributed by atoms with Crippen molar-refractivity contribution in [3.05, 3.63) is 30.1 Å². The van der Waals surface area contributed by atoms with E-state index in [4.69, 9.17) is 0 Å². The number of urea groups is 1. The maximum Gasteiger partial charge on any atom is 0.315 e. The van der Waals surface area contributed by atoms with Crippen LogP contribution in [0, 0.1) is 0 Å². The second-order valence-corrected chi connectivity index (χ2v) is 4.43. The zero-order valence-electron chi connectivity index (χ0n) is 10.0. The molecule has 0 bridgehead atoms. The molecule has 1 aromatic heterocycles. The van der Waals surface area contributed by atoms with Gasteiger partial charge >= 0.3 is 6.03 Å². The lowest BCUT2D eigenvalue weighted by atomic mass is 10.2. The van der Waals surface area contributed by atoms with Crippen LogP contribution in [0.5, 0.6) is 0 Å². The summed E-state index contributed by atoms with van der Waals surface area (Å²) in [6.07, 6.45) is 4.47. The summed E-state index contributed by atoms with van der Waals surface area (Å²) in [6.45, 7) is 2.52. The van der Waals surface area contributed by atoms with Crippen molar-refractivity contribution in [2.24, 2.45) is 0 Å². The molecule has 1 aliphatic heterocycles. The van der Waals surface area contributed by atoms with E-state index >= 15 is 0 Å². The number of carbonyl (C=O) groups is 1. The zero-order valence-corrected chi connectivity index (χ0v) is 10.0. The number of pyridine rings is 1. The predicted octanol–water partition coefficient (Wildman–Crippen LogP) is 1.08. The number of nitrogens with zero attached hydrogens (tertiary/aromatic N) is 2. The Morgan fingerprint density at radius 3 is 3.00 bits per heavy atom. The Hall–Kier alpha value is -1.62. The van der Waals surface area contributed by atoms with Gasteiger partial charge in [-0.05, 0) is 37.7 Å². The van der Waals surface area contributed by atoms with Crippen molar-refractivity contribution in [3.63, 3.8) is 0 Å². The fourth-order valence-corrected chi connectivity index (χ4v) is 1.97. The predicted molar refractivity (Wildman–Crippen MR) is 69.7 cm³/mol. The van der Waals surface area contributed by atoms with Crippen LogP contribution in [0.15, 0.2) is 24.5 Å². The van der Waals surface area contributed by atoms with Crippen LogP contribution in [-0.4, -0.2) is 42.1 Å². The van der Waals surface area contributed by atoms with Crippen molar-refractivity contribution in [1.29, 1.82) is 0 Å². The van der Waals surface area contributed by atoms with Gasteiger partial charge in [0.05, 0.1) is 0 Å². The molecular weight excluding hydrogens is 216 g/mol. The molecular formula is C12H22N4O. The monoisotopic (exact) mass is 238 g/mol. The number of rotatable bonds is 3. The molecule has 1 aliphatic rings. The summed E-state index contributed by atoms with van der Waals surface area (Å²) in [5.74, 6) is 0. The zero-order chi connectivity index (χ0) is 12.1. The maximum absolute atomic E-state index is 11.6. The van der Waals surface area contributed by atoms with Crippen molar-refractivity contribution in [3.8, 4) is 0 Å². The summed E-state index contributed by atoms with van der Waals surface area (Å²) in [7, 11) is 2.07. The van der Waals surface area contributed by atoms with E-state index in [0.29, 0.717) is 6.54 Å². The summed E-state index contributed by atoms with van der Waals surface area (Å²) in [5, 5.41) is 5.82. The van der Waals surface area contributed by atoms with Gasteiger partial charge in [-0.15, -0.1) is 0 Å². The molecule has 1 fully saturated rings. The highest BCUT2D eigenvalue weighted by Gasteiger charge is 2.20. The van der Waals surface area contributed by atoms with E-state index < -0.39 is 0 Å². The molecule has 0 unspecified atom stereocenters. The van der Waals surface area contributed by atoms with Gasteiger partial charge in [0, 0.05) is 34.4 Å². The minimum absolute atomic E-state index is 0. The average molecular weight is 238 g/mol. The first-order chi connectivity index (χ1) is 8.24. The number of amides is 2. The first kappa shape index (κ1) is 11.9. The fourth-order valence-electron chi connectivity index (χ4n) is 1.97. The maximum atomic E-state index is 11.6. The molecule has 2 rings (SSSR count). The summed E-state index contributed by atoms with van der Waals surface area (Å²) < 4.78 is 0. The van der Waals surface area contributed by atoms with Gasteiger partial charge < -0.3 is 15.5 Å². The van der Waals surface area contributed by atoms with Crippen molar-refractivity contribution in [2.45, 2.75) is 19.0 Å². The van der Waals surface area contributed by atoms with E-state index in [-0.39, 0.29) is 14.9 Å². The molecule has 0 spiro atoms. The lowest BCUT2D eigenvalue weighted by molar-refractivity contribution is 0.236. The number of hydrogen-bond donors (Lipinski definition) is 2. The van der Waals surface area contributed by atoms with Gasteiger partial charge in [-0.25, -0.2) is 4.79 Å². The van der Waals surface area contributed by atoms with Crippen molar-refractivity contribution in [1.82, 2.24) is 20.5 Å². The van der Waals surface area contributed by atoms with Crippen LogP contribution >= 0.6 is 0 Å². The Morgan fingerprint density at radius 2 is 2.35 bits per heavy atom. The van der Waals surface area contributed by atoms with Gasteiger partial charge in [0.15, 0.2) is 0 Å². The Balaban J connectivity index is 0.00000162. The molecule has 17 heavy (non-hydrogen) atoms. The molecule has 0 saturated carbocycles. The van der Waals surface area contributed by atoms with Crippen molar-refractivity contribution >= 4 is 6.03 Å². The molecule has 2 N–H and O–H groups in total. The van der Waals surface area contributed by atoms with Gasteiger partial charge in [-0.3, -0.25) is 4.98 Å². The standard InChI is InChI=1S/C12H18N4O.2H2/c1-16-7-4-11(9-16)15-12(17)14-8-10-2-5-13-6-3-10;;/h2-3,5-6,11H,4,7-9H2,1H3,(H2,14,15,17);2*1H/t11-;;/m1../s1. The van der Waals surface area contributed by atoms with Crippen molar-refractivity contribution in [2.75, 3.05) is 20.1 Å². The molecule has 0 aliphatic carbocycles. The number of nitrogens with one attached hydrogen (secondary N) is 2. The second kappa shape index (κ2) is 5.63. The Labute approximate surface area is 104 Å². The third-order valence-corrected chi connectivity index (χ3v) is 2.93. The smallest absolute Gasteiger partial charge is 0.315 e. The molecule has 2 heterocycles. The fraction of sp³-hybridized carbons (Fsp3) is 0.500. The molecule has 5 heteroatoms. The van der Waals surface area contributed by atoms with E-state index in [2.05, 4.69) is 27.6 Å². The number of hydrogen-bond acceptors (Lipinski definition) is 3. The van der Waals surface area contributed by atoms with E-state index in [1.54, 1.807) is 12.4 Å². The van der Waals surface area contributed by atoms with Gasteiger partial charge in [0.25, 0.3) is 0 Å². The largest absolute Gasteiger partial charge is 0.334 e. The number of likely N-dealkylation sites (N-methyl/N-ethyl adjacent to an activating group) is 1. The normalized spacial score (nSPS) is 20.2. The first-order valence-corrected chi connectivity index (χ1v) is 5.86. The van der Waals surface area contributed by atoms with Crippen LogP contribution < -0.4 is 10.6 Å². The van der Waals surface area contributed by atoms with E-state index in [9.17, 15) is 4.79 Å². The van der Waals surface area contributed by atoms with Crippen LogP contribution in [0.25, 0.3) is 0 Å². The van der Waals surface area contributed by atoms with Gasteiger partial charge in [0.2, 0.25) is 0 Å². The topological polar surface area (TPSA) is 57.3 Å². The SMILES string of the molecule is CN1CC[C@@H](NC(=O)NCc2ccncc2)C1.[HH].[HH]. The third-order valence-electron chi connectivity index (χ3n) is 2.93. The van der Waals surface area contributed by atoms with Crippen LogP contribution in [0.4, 0.5) is 4.79 Å². The minimum Gasteiger partial charge on any atom is -0.334 e. The number of carbonyl (C=O) groups excluding carboxylic acids is 1. The number of aromatic nitrogens is 1. The van der Waals surface area contributed by atoms with E-state index in [1.165, 1.54) is 0 Å². The molecule has 96 valence electrons. The van der Waals surface area contributed by atoms with Crippen LogP contribution in [-0.2, 0) is 6.54 Å². The molecule has 1 atom stereocenters. The van der Waals surface area contributed by atoms with E-state index in [1.807, 2.05) is 12.1 Å². The average Bonchev–Trinajstić information content (AvgIpc) is 2.73. The Morgan fingerprint density at radius 1 is 1.59 bits per heavy atom. The lowest BCUT2D eigenvalue weighted by Crippen LogP contribution is -2.42. The second-order valence-electron chi connectivity index (χ2n) is 4.43. The summed E-state index contributed by atoms with van der Waals surface area (Å²) >= 11 is 0. The molecule has 1 saturated heterocycles. The molecule has 0 aromatic carbocycles. The summed E-state index contributed by atoms with van der Waals surface area (Å²) in [5.41, 5.74) is 1.05. The van der Waals surface area contributed by atoms with Gasteiger partial charge in [-0.2, -0.15) is 0 Å². The Bertz CT molecular complexity index is 377. The van der Waals surface area contributed by atoms with E-state index in [0.717, 1.165) is 25.1 Å². The van der Waals surface area contributed by atoms with Crippen LogP contribution in [0.3, 0.4) is 0 Å². The summed E-state index contributed by atoms with van der Waals surface area (Å²) in [6, 6.07) is 3.97. The highest BCUT2D eigenvalue weighted by molar-refractivity contribution is 5.74. The van der Waals surface area contributed by atoms with Gasteiger partial charge in [-0.1, -0.05) is 0 Å². The Kier molecular flexibility index (Phi) is 3.93. The van der Waals surface area contributed by atoms with Crippen molar-refractivity contribution < 1.29 is 7.65 Å². The highest BCUT2D eigenvalue weighted by atomic mass is 16.2. The first-order valence-electron chi connectivity index (χ1n) is 5.86. The summed E-state index contributed by atoms with van der Waals surface area (Å²) in [4.78, 5) is 17.8. The molecule has 1 aromatic rings. The van der Waals surface area contributed by atoms with Crippen LogP contribution in [0.1, 0.15) is 14.8 Å². The highest BCUT2D eigenvalue weighted by Crippen LogP contribution is 2.05. The third kappa shape index (κ3) is 3.71. The quantitative estimate of drug-likeness (QED) is 0.828. The molecule has 0 radical (unpaired) electrons. The minimum atomic E-state index is -0.0953. The van der Waals surface area contributed by atoms with Crippen LogP contribution in [0.2, 0.25) is 0 Å². The lowest BCUT2D eigenvalue weighted by Gasteiger charge is -2.13. The molecule has 2 amide bonds. The van der Waals surface area contributed by atoms with Gasteiger partial charge in [0.1, 0.15) is 0 Å². The molecule has 5 nitrogen and oxygen atoms in total. The number of likely N-dealkylation sites (tertiary alicyclic amines) is 1.